The largest absolute Gasteiger partial charge is 0.314 e. The summed E-state index contributed by atoms with van der Waals surface area (Å²) in [6.07, 6.45) is 2.61. The molecule has 0 spiro atoms. The molecule has 0 rings (SSSR count). The van der Waals surface area contributed by atoms with Crippen molar-refractivity contribution in [2.24, 2.45) is 11.8 Å². The molecule has 3 nitrogen and oxygen atoms in total. The molecule has 0 aliphatic carbocycles. The fraction of sp³-hybridized carbons (Fsp3) is 1.00. The molecule has 0 aliphatic rings. The first kappa shape index (κ1) is 17.9. The van der Waals surface area contributed by atoms with Crippen LogP contribution in [0.15, 0.2) is 0 Å². The lowest BCUT2D eigenvalue weighted by atomic mass is 9.87. The highest BCUT2D eigenvalue weighted by Gasteiger charge is 2.22. The molecule has 0 saturated heterocycles. The molecule has 0 aromatic carbocycles. The number of nitrogens with one attached hydrogen (secondary N) is 1. The highest BCUT2D eigenvalue weighted by Crippen LogP contribution is 2.20. The van der Waals surface area contributed by atoms with Gasteiger partial charge in [0.15, 0.2) is 0 Å². The van der Waals surface area contributed by atoms with Crippen molar-refractivity contribution in [1.82, 2.24) is 5.32 Å². The predicted octanol–water partition coefficient (Wildman–Crippen LogP) is 2.86. The molecular weight excluding hydrogens is 246 g/mol. The van der Waals surface area contributed by atoms with Gasteiger partial charge in [0.1, 0.15) is 9.84 Å². The lowest BCUT2D eigenvalue weighted by molar-refractivity contribution is 0.283. The van der Waals surface area contributed by atoms with Crippen LogP contribution >= 0.6 is 0 Å². The Balaban J connectivity index is 4.36. The summed E-state index contributed by atoms with van der Waals surface area (Å²) in [4.78, 5) is 0. The molecule has 0 heterocycles. The van der Waals surface area contributed by atoms with E-state index in [2.05, 4.69) is 33.0 Å². The van der Waals surface area contributed by atoms with Gasteiger partial charge >= 0.3 is 0 Å². The predicted molar refractivity (Wildman–Crippen MR) is 79.6 cm³/mol. The second-order valence-corrected chi connectivity index (χ2v) is 7.89. The van der Waals surface area contributed by atoms with Gasteiger partial charge in [-0.3, -0.25) is 0 Å². The Kier molecular flexibility index (Phi) is 8.87. The molecule has 0 aromatic heterocycles. The van der Waals surface area contributed by atoms with Gasteiger partial charge in [0, 0.05) is 11.8 Å². The Morgan fingerprint density at radius 3 is 2.06 bits per heavy atom. The summed E-state index contributed by atoms with van der Waals surface area (Å²) in [5.41, 5.74) is 0. The molecule has 4 heteroatoms. The molecule has 18 heavy (non-hydrogen) atoms. The summed E-state index contributed by atoms with van der Waals surface area (Å²) in [6.45, 7) is 11.6. The smallest absolute Gasteiger partial charge is 0.150 e. The van der Waals surface area contributed by atoms with Crippen LogP contribution in [0.5, 0.6) is 0 Å². The zero-order valence-electron chi connectivity index (χ0n) is 12.7. The minimum Gasteiger partial charge on any atom is -0.314 e. The number of sulfone groups is 1. The van der Waals surface area contributed by atoms with Crippen LogP contribution in [-0.2, 0) is 9.84 Å². The minimum atomic E-state index is -2.84. The second-order valence-electron chi connectivity index (χ2n) is 5.59. The SMILES string of the molecule is CCCNC(C)C(CCS(=O)(=O)CCC)C(C)C. The van der Waals surface area contributed by atoms with Gasteiger partial charge in [0.05, 0.1) is 5.75 Å². The first-order valence-electron chi connectivity index (χ1n) is 7.27. The molecule has 2 unspecified atom stereocenters. The number of rotatable bonds is 10. The summed E-state index contributed by atoms with van der Waals surface area (Å²) in [5, 5.41) is 3.49. The van der Waals surface area contributed by atoms with Gasteiger partial charge in [-0.2, -0.15) is 0 Å². The van der Waals surface area contributed by atoms with Crippen LogP contribution in [0.3, 0.4) is 0 Å². The van der Waals surface area contributed by atoms with Crippen molar-refractivity contribution in [2.75, 3.05) is 18.1 Å². The van der Waals surface area contributed by atoms with E-state index in [1.165, 1.54) is 0 Å². The normalized spacial score (nSPS) is 15.9. The van der Waals surface area contributed by atoms with Crippen LogP contribution < -0.4 is 5.32 Å². The average Bonchev–Trinajstić information content (AvgIpc) is 2.25. The summed E-state index contributed by atoms with van der Waals surface area (Å²) in [5.74, 6) is 1.61. The monoisotopic (exact) mass is 277 g/mol. The summed E-state index contributed by atoms with van der Waals surface area (Å²) in [6, 6.07) is 0.391. The van der Waals surface area contributed by atoms with Gasteiger partial charge in [-0.25, -0.2) is 8.42 Å². The molecule has 0 fully saturated rings. The molecule has 0 saturated carbocycles. The highest BCUT2D eigenvalue weighted by atomic mass is 32.2. The Hall–Kier alpha value is -0.0900. The van der Waals surface area contributed by atoms with Crippen molar-refractivity contribution in [3.8, 4) is 0 Å². The van der Waals surface area contributed by atoms with Crippen LogP contribution in [0.25, 0.3) is 0 Å². The third-order valence-corrected chi connectivity index (χ3v) is 5.38. The van der Waals surface area contributed by atoms with E-state index >= 15 is 0 Å². The zero-order chi connectivity index (χ0) is 14.2. The van der Waals surface area contributed by atoms with E-state index in [0.717, 1.165) is 25.8 Å². The highest BCUT2D eigenvalue weighted by molar-refractivity contribution is 7.91. The van der Waals surface area contributed by atoms with Crippen molar-refractivity contribution in [3.63, 3.8) is 0 Å². The first-order valence-corrected chi connectivity index (χ1v) is 9.10. The number of hydrogen-bond acceptors (Lipinski definition) is 3. The molecular formula is C14H31NO2S. The fourth-order valence-electron chi connectivity index (χ4n) is 2.41. The Labute approximate surface area is 114 Å². The summed E-state index contributed by atoms with van der Waals surface area (Å²) >= 11 is 0. The Bertz CT molecular complexity index is 299. The van der Waals surface area contributed by atoms with Gasteiger partial charge in [-0.15, -0.1) is 0 Å². The summed E-state index contributed by atoms with van der Waals surface area (Å²) in [7, 11) is -2.84. The molecule has 1 N–H and O–H groups in total. The molecule has 0 radical (unpaired) electrons. The van der Waals surface area contributed by atoms with Gasteiger partial charge in [0.25, 0.3) is 0 Å². The Morgan fingerprint density at radius 1 is 1.00 bits per heavy atom. The Morgan fingerprint density at radius 2 is 1.61 bits per heavy atom. The van der Waals surface area contributed by atoms with E-state index in [4.69, 9.17) is 0 Å². The number of hydrogen-bond donors (Lipinski definition) is 1. The van der Waals surface area contributed by atoms with Crippen molar-refractivity contribution in [1.29, 1.82) is 0 Å². The topological polar surface area (TPSA) is 46.2 Å². The van der Waals surface area contributed by atoms with Crippen molar-refractivity contribution < 1.29 is 8.42 Å². The third-order valence-electron chi connectivity index (χ3n) is 3.49. The molecule has 0 aliphatic heterocycles. The molecule has 2 atom stereocenters. The summed E-state index contributed by atoms with van der Waals surface area (Å²) < 4.78 is 23.5. The van der Waals surface area contributed by atoms with Crippen LogP contribution in [-0.4, -0.2) is 32.5 Å². The standard InChI is InChI=1S/C14H31NO2S/c1-6-9-15-13(5)14(12(3)4)8-11-18(16,17)10-7-2/h12-15H,6-11H2,1-5H3. The van der Waals surface area contributed by atoms with E-state index in [-0.39, 0.29) is 0 Å². The van der Waals surface area contributed by atoms with E-state index in [1.807, 2.05) is 6.92 Å². The van der Waals surface area contributed by atoms with Gasteiger partial charge in [0.2, 0.25) is 0 Å². The lowest BCUT2D eigenvalue weighted by Gasteiger charge is -2.28. The quantitative estimate of drug-likeness (QED) is 0.668. The fourth-order valence-corrected chi connectivity index (χ4v) is 3.87. The lowest BCUT2D eigenvalue weighted by Crippen LogP contribution is -2.37. The van der Waals surface area contributed by atoms with Crippen LogP contribution in [0.4, 0.5) is 0 Å². The van der Waals surface area contributed by atoms with Crippen molar-refractivity contribution >= 4 is 9.84 Å². The third kappa shape index (κ3) is 7.37. The zero-order valence-corrected chi connectivity index (χ0v) is 13.5. The minimum absolute atomic E-state index is 0.328. The first-order chi connectivity index (χ1) is 8.34. The van der Waals surface area contributed by atoms with Crippen LogP contribution in [0, 0.1) is 11.8 Å². The molecule has 0 bridgehead atoms. The molecule has 0 aromatic rings. The van der Waals surface area contributed by atoms with Crippen LogP contribution in [0.1, 0.15) is 53.9 Å². The van der Waals surface area contributed by atoms with Gasteiger partial charge < -0.3 is 5.32 Å². The van der Waals surface area contributed by atoms with Gasteiger partial charge in [-0.1, -0.05) is 27.7 Å². The molecule has 0 amide bonds. The van der Waals surface area contributed by atoms with E-state index < -0.39 is 9.84 Å². The second kappa shape index (κ2) is 8.92. The maximum Gasteiger partial charge on any atom is 0.150 e. The maximum absolute atomic E-state index is 11.8. The van der Waals surface area contributed by atoms with Crippen LogP contribution in [0.2, 0.25) is 0 Å². The maximum atomic E-state index is 11.8. The van der Waals surface area contributed by atoms with E-state index in [1.54, 1.807) is 0 Å². The van der Waals surface area contributed by atoms with Crippen molar-refractivity contribution in [3.05, 3.63) is 0 Å². The van der Waals surface area contributed by atoms with Gasteiger partial charge in [-0.05, 0) is 44.6 Å². The van der Waals surface area contributed by atoms with E-state index in [0.29, 0.717) is 29.4 Å². The molecule has 110 valence electrons. The van der Waals surface area contributed by atoms with E-state index in [9.17, 15) is 8.42 Å². The van der Waals surface area contributed by atoms with Crippen molar-refractivity contribution in [2.45, 2.75) is 59.9 Å². The average molecular weight is 277 g/mol.